The summed E-state index contributed by atoms with van der Waals surface area (Å²) in [5, 5.41) is 0.584. The molecule has 0 N–H and O–H groups in total. The summed E-state index contributed by atoms with van der Waals surface area (Å²) in [5.74, 6) is -1.52. The Morgan fingerprint density at radius 1 is 1.14 bits per heavy atom. The molecule has 1 aliphatic heterocycles. The molecule has 0 aromatic carbocycles. The monoisotopic (exact) mass is 299 g/mol. The number of carbonyl (C=O) groups is 3. The van der Waals surface area contributed by atoms with Crippen LogP contribution in [0.5, 0.6) is 0 Å². The SMILES string of the molecule is CCC(C)(C)OCCC(C)(C)C(=O)ON1C(=O)CCC1=O. The average Bonchev–Trinajstić information content (AvgIpc) is 2.70. The fraction of sp³-hybridized carbons (Fsp3) is 0.800. The lowest BCUT2D eigenvalue weighted by atomic mass is 9.90. The van der Waals surface area contributed by atoms with Gasteiger partial charge in [-0.3, -0.25) is 9.59 Å². The van der Waals surface area contributed by atoms with Crippen LogP contribution >= 0.6 is 0 Å². The van der Waals surface area contributed by atoms with Crippen molar-refractivity contribution in [2.24, 2.45) is 5.41 Å². The maximum atomic E-state index is 12.1. The number of hydrogen-bond donors (Lipinski definition) is 0. The smallest absolute Gasteiger partial charge is 0.338 e. The van der Waals surface area contributed by atoms with E-state index in [9.17, 15) is 14.4 Å². The zero-order valence-corrected chi connectivity index (χ0v) is 13.5. The van der Waals surface area contributed by atoms with Crippen LogP contribution in [-0.4, -0.2) is 35.1 Å². The molecule has 1 fully saturated rings. The van der Waals surface area contributed by atoms with Crippen molar-refractivity contribution < 1.29 is 24.0 Å². The summed E-state index contributed by atoms with van der Waals surface area (Å²) in [6.45, 7) is 9.83. The van der Waals surface area contributed by atoms with Gasteiger partial charge in [0.15, 0.2) is 0 Å². The quantitative estimate of drug-likeness (QED) is 0.674. The number of ether oxygens (including phenoxy) is 1. The molecular formula is C15H25NO5. The lowest BCUT2D eigenvalue weighted by molar-refractivity contribution is -0.205. The van der Waals surface area contributed by atoms with Crippen molar-refractivity contribution in [1.29, 1.82) is 0 Å². The van der Waals surface area contributed by atoms with Crippen molar-refractivity contribution in [2.45, 2.75) is 65.9 Å². The number of imide groups is 1. The molecule has 0 aliphatic carbocycles. The van der Waals surface area contributed by atoms with E-state index in [4.69, 9.17) is 9.57 Å². The first-order valence-electron chi connectivity index (χ1n) is 7.31. The van der Waals surface area contributed by atoms with Gasteiger partial charge in [0.1, 0.15) is 0 Å². The van der Waals surface area contributed by atoms with E-state index in [0.29, 0.717) is 18.1 Å². The molecular weight excluding hydrogens is 274 g/mol. The van der Waals surface area contributed by atoms with Gasteiger partial charge in [0.2, 0.25) is 0 Å². The summed E-state index contributed by atoms with van der Waals surface area (Å²) in [7, 11) is 0. The third-order valence-corrected chi connectivity index (χ3v) is 3.80. The van der Waals surface area contributed by atoms with Crippen LogP contribution in [0.4, 0.5) is 0 Å². The van der Waals surface area contributed by atoms with Crippen molar-refractivity contribution in [3.63, 3.8) is 0 Å². The van der Waals surface area contributed by atoms with Gasteiger partial charge in [0, 0.05) is 19.4 Å². The highest BCUT2D eigenvalue weighted by molar-refractivity contribution is 6.01. The highest BCUT2D eigenvalue weighted by atomic mass is 16.7. The van der Waals surface area contributed by atoms with Crippen molar-refractivity contribution in [2.75, 3.05) is 6.61 Å². The number of rotatable bonds is 7. The van der Waals surface area contributed by atoms with Gasteiger partial charge >= 0.3 is 5.97 Å². The molecule has 2 amide bonds. The molecule has 1 aliphatic rings. The lowest BCUT2D eigenvalue weighted by Crippen LogP contribution is -2.38. The van der Waals surface area contributed by atoms with Crippen molar-refractivity contribution in [1.82, 2.24) is 5.06 Å². The molecule has 1 rings (SSSR count). The van der Waals surface area contributed by atoms with Crippen LogP contribution < -0.4 is 0 Å². The van der Waals surface area contributed by atoms with Gasteiger partial charge in [0.05, 0.1) is 11.0 Å². The second kappa shape index (κ2) is 6.56. The highest BCUT2D eigenvalue weighted by Gasteiger charge is 2.38. The Bertz CT molecular complexity index is 412. The number of amides is 2. The van der Waals surface area contributed by atoms with Gasteiger partial charge in [-0.2, -0.15) is 0 Å². The topological polar surface area (TPSA) is 72.9 Å². The Morgan fingerprint density at radius 3 is 2.14 bits per heavy atom. The predicted molar refractivity (Wildman–Crippen MR) is 75.9 cm³/mol. The van der Waals surface area contributed by atoms with Crippen LogP contribution in [0.1, 0.15) is 60.3 Å². The van der Waals surface area contributed by atoms with E-state index in [1.807, 2.05) is 20.8 Å². The number of nitrogens with zero attached hydrogens (tertiary/aromatic N) is 1. The van der Waals surface area contributed by atoms with Crippen molar-refractivity contribution in [3.8, 4) is 0 Å². The van der Waals surface area contributed by atoms with Crippen LogP contribution in [0.15, 0.2) is 0 Å². The third-order valence-electron chi connectivity index (χ3n) is 3.80. The predicted octanol–water partition coefficient (Wildman–Crippen LogP) is 2.22. The van der Waals surface area contributed by atoms with E-state index in [1.165, 1.54) is 0 Å². The van der Waals surface area contributed by atoms with E-state index >= 15 is 0 Å². The van der Waals surface area contributed by atoms with Crippen molar-refractivity contribution in [3.05, 3.63) is 0 Å². The second-order valence-corrected chi connectivity index (χ2v) is 6.56. The van der Waals surface area contributed by atoms with Gasteiger partial charge in [-0.15, -0.1) is 5.06 Å². The summed E-state index contributed by atoms with van der Waals surface area (Å²) in [6.07, 6.45) is 1.51. The first-order valence-corrected chi connectivity index (χ1v) is 7.31. The summed E-state index contributed by atoms with van der Waals surface area (Å²) in [6, 6.07) is 0. The van der Waals surface area contributed by atoms with E-state index in [0.717, 1.165) is 6.42 Å². The second-order valence-electron chi connectivity index (χ2n) is 6.56. The molecule has 0 aromatic rings. The Hall–Kier alpha value is -1.43. The number of hydrogen-bond acceptors (Lipinski definition) is 5. The maximum absolute atomic E-state index is 12.1. The van der Waals surface area contributed by atoms with Gasteiger partial charge < -0.3 is 9.57 Å². The molecule has 21 heavy (non-hydrogen) atoms. The Kier molecular flexibility index (Phi) is 5.50. The molecule has 6 heteroatoms. The average molecular weight is 299 g/mol. The van der Waals surface area contributed by atoms with Gasteiger partial charge in [-0.25, -0.2) is 4.79 Å². The minimum atomic E-state index is -0.826. The Balaban J connectivity index is 2.51. The highest BCUT2D eigenvalue weighted by Crippen LogP contribution is 2.26. The minimum absolute atomic E-state index is 0.0976. The Labute approximate surface area is 125 Å². The molecule has 0 bridgehead atoms. The molecule has 1 heterocycles. The molecule has 0 aromatic heterocycles. The van der Waals surface area contributed by atoms with E-state index in [1.54, 1.807) is 13.8 Å². The van der Waals surface area contributed by atoms with Crippen molar-refractivity contribution >= 4 is 17.8 Å². The van der Waals surface area contributed by atoms with Crippen LogP contribution in [0.25, 0.3) is 0 Å². The first kappa shape index (κ1) is 17.6. The summed E-state index contributed by atoms with van der Waals surface area (Å²) in [5.41, 5.74) is -1.06. The summed E-state index contributed by atoms with van der Waals surface area (Å²) >= 11 is 0. The van der Waals surface area contributed by atoms with Crippen LogP contribution in [0.2, 0.25) is 0 Å². The molecule has 6 nitrogen and oxygen atoms in total. The van der Waals surface area contributed by atoms with Crippen LogP contribution in [-0.2, 0) is 24.0 Å². The van der Waals surface area contributed by atoms with E-state index in [-0.39, 0.29) is 18.4 Å². The molecule has 0 saturated carbocycles. The molecule has 1 saturated heterocycles. The molecule has 0 radical (unpaired) electrons. The summed E-state index contributed by atoms with van der Waals surface area (Å²) in [4.78, 5) is 39.9. The first-order chi connectivity index (χ1) is 9.59. The molecule has 0 spiro atoms. The maximum Gasteiger partial charge on any atom is 0.338 e. The fourth-order valence-corrected chi connectivity index (χ4v) is 1.65. The zero-order chi connectivity index (χ0) is 16.3. The molecule has 0 atom stereocenters. The lowest BCUT2D eigenvalue weighted by Gasteiger charge is -2.28. The van der Waals surface area contributed by atoms with Gasteiger partial charge in [-0.05, 0) is 40.5 Å². The Morgan fingerprint density at radius 2 is 1.67 bits per heavy atom. The van der Waals surface area contributed by atoms with E-state index in [2.05, 4.69) is 0 Å². The standard InChI is InChI=1S/C15H25NO5/c1-6-15(4,5)20-10-9-14(2,3)13(19)21-16-11(17)7-8-12(16)18/h6-10H2,1-5H3. The number of hydroxylamine groups is 2. The number of carbonyl (C=O) groups excluding carboxylic acids is 3. The fourth-order valence-electron chi connectivity index (χ4n) is 1.65. The van der Waals surface area contributed by atoms with E-state index < -0.39 is 23.2 Å². The zero-order valence-electron chi connectivity index (χ0n) is 13.5. The van der Waals surface area contributed by atoms with Gasteiger partial charge in [-0.1, -0.05) is 6.92 Å². The van der Waals surface area contributed by atoms with Crippen LogP contribution in [0.3, 0.4) is 0 Å². The largest absolute Gasteiger partial charge is 0.376 e. The normalized spacial score (nSPS) is 16.5. The van der Waals surface area contributed by atoms with Gasteiger partial charge in [0.25, 0.3) is 11.8 Å². The summed E-state index contributed by atoms with van der Waals surface area (Å²) < 4.78 is 5.72. The third kappa shape index (κ3) is 4.81. The minimum Gasteiger partial charge on any atom is -0.376 e. The molecule has 120 valence electrons. The van der Waals surface area contributed by atoms with Crippen LogP contribution in [0, 0.1) is 5.41 Å². The molecule has 0 unspecified atom stereocenters.